The summed E-state index contributed by atoms with van der Waals surface area (Å²) in [5, 5.41) is 18.1. The van der Waals surface area contributed by atoms with Crippen molar-refractivity contribution in [1.82, 2.24) is 5.32 Å². The molecule has 1 amide bonds. The van der Waals surface area contributed by atoms with Gasteiger partial charge in [0.05, 0.1) is 12.2 Å². The molecule has 1 aromatic carbocycles. The number of phenolic OH excluding ortho intramolecular Hbond substituents is 1. The molecule has 2 aromatic rings. The Kier molecular flexibility index (Phi) is 5.79. The molecule has 1 aliphatic carbocycles. The molecule has 30 heavy (non-hydrogen) atoms. The summed E-state index contributed by atoms with van der Waals surface area (Å²) in [6.07, 6.45) is 3.75. The Hall–Kier alpha value is -1.73. The number of thiophene rings is 1. The molecule has 0 unspecified atom stereocenters. The van der Waals surface area contributed by atoms with E-state index >= 15 is 0 Å². The Morgan fingerprint density at radius 2 is 2.07 bits per heavy atom. The first-order valence-corrected chi connectivity index (χ1v) is 12.2. The zero-order valence-corrected chi connectivity index (χ0v) is 20.3. The van der Waals surface area contributed by atoms with Crippen LogP contribution in [-0.2, 0) is 12.8 Å². The first-order chi connectivity index (χ1) is 14.2. The van der Waals surface area contributed by atoms with Gasteiger partial charge in [0.2, 0.25) is 0 Å². The number of hydrogen-bond acceptors (Lipinski definition) is 5. The van der Waals surface area contributed by atoms with Gasteiger partial charge in [-0.3, -0.25) is 4.79 Å². The second-order valence-corrected chi connectivity index (χ2v) is 10.8. The molecule has 0 bridgehead atoms. The van der Waals surface area contributed by atoms with Gasteiger partial charge in [0, 0.05) is 14.9 Å². The fourth-order valence-electron chi connectivity index (χ4n) is 4.49. The minimum atomic E-state index is -0.510. The van der Waals surface area contributed by atoms with Crippen LogP contribution >= 0.6 is 27.3 Å². The van der Waals surface area contributed by atoms with E-state index in [1.807, 2.05) is 13.0 Å². The van der Waals surface area contributed by atoms with Crippen LogP contribution in [0.3, 0.4) is 0 Å². The quantitative estimate of drug-likeness (QED) is 0.477. The van der Waals surface area contributed by atoms with E-state index in [1.54, 1.807) is 17.4 Å². The van der Waals surface area contributed by atoms with E-state index in [0.29, 0.717) is 29.3 Å². The number of anilines is 1. The zero-order chi connectivity index (χ0) is 21.6. The van der Waals surface area contributed by atoms with Crippen molar-refractivity contribution in [2.24, 2.45) is 11.3 Å². The number of ether oxygens (including phenoxy) is 1. The van der Waals surface area contributed by atoms with Gasteiger partial charge in [-0.15, -0.1) is 11.3 Å². The summed E-state index contributed by atoms with van der Waals surface area (Å²) >= 11 is 5.18. The molecule has 2 heterocycles. The largest absolute Gasteiger partial charge is 0.504 e. The lowest BCUT2D eigenvalue weighted by molar-refractivity contribution is 0.0934. The van der Waals surface area contributed by atoms with Gasteiger partial charge in [-0.25, -0.2) is 0 Å². The second-order valence-electron chi connectivity index (χ2n) is 8.82. The van der Waals surface area contributed by atoms with Crippen molar-refractivity contribution in [1.29, 1.82) is 0 Å². The number of carbonyl (C=O) groups excluding carboxylic acids is 1. The van der Waals surface area contributed by atoms with Gasteiger partial charge in [0.15, 0.2) is 11.5 Å². The maximum absolute atomic E-state index is 13.1. The van der Waals surface area contributed by atoms with E-state index in [9.17, 15) is 9.90 Å². The summed E-state index contributed by atoms with van der Waals surface area (Å²) in [6, 6.07) is 3.55. The molecule has 2 aliphatic rings. The van der Waals surface area contributed by atoms with Crippen LogP contribution in [0.15, 0.2) is 16.6 Å². The topological polar surface area (TPSA) is 70.6 Å². The predicted molar refractivity (Wildman–Crippen MR) is 125 cm³/mol. The zero-order valence-electron chi connectivity index (χ0n) is 17.9. The molecule has 162 valence electrons. The van der Waals surface area contributed by atoms with Gasteiger partial charge in [0.25, 0.3) is 5.91 Å². The number of phenols is 1. The number of aromatic hydroxyl groups is 1. The van der Waals surface area contributed by atoms with Crippen LogP contribution < -0.4 is 15.4 Å². The lowest BCUT2D eigenvalue weighted by Gasteiger charge is -2.36. The fraction of sp³-hybridized carbons (Fsp3) is 0.522. The molecule has 3 N–H and O–H groups in total. The summed E-state index contributed by atoms with van der Waals surface area (Å²) in [6.45, 7) is 9.28. The lowest BCUT2D eigenvalue weighted by Crippen LogP contribution is -2.38. The van der Waals surface area contributed by atoms with E-state index in [1.165, 1.54) is 10.4 Å². The molecule has 0 spiro atoms. The smallest absolute Gasteiger partial charge is 0.256 e. The normalized spacial score (nSPS) is 20.8. The average molecular weight is 493 g/mol. The standard InChI is InChI=1S/C23H29BrN2O3S/c1-5-23(3,4)12-7-8-14-17(9-12)30-22-18(14)21(28)25-20(26-22)15-10-13(24)11-16(19(15)27)29-6-2/h10-12,20,26-27H,5-9H2,1-4H3,(H,25,28)/t12-,20-/m1/s1. The number of carbonyl (C=O) groups is 1. The van der Waals surface area contributed by atoms with E-state index in [2.05, 4.69) is 47.3 Å². The summed E-state index contributed by atoms with van der Waals surface area (Å²) in [7, 11) is 0. The van der Waals surface area contributed by atoms with Crippen molar-refractivity contribution >= 4 is 38.2 Å². The molecule has 2 atom stereocenters. The summed E-state index contributed by atoms with van der Waals surface area (Å²) in [5.74, 6) is 1.01. The van der Waals surface area contributed by atoms with Crippen LogP contribution in [-0.4, -0.2) is 17.6 Å². The third-order valence-corrected chi connectivity index (χ3v) is 8.38. The molecule has 1 aromatic heterocycles. The number of rotatable bonds is 5. The Bertz CT molecular complexity index is 985. The van der Waals surface area contributed by atoms with Gasteiger partial charge in [0.1, 0.15) is 11.2 Å². The van der Waals surface area contributed by atoms with E-state index in [4.69, 9.17) is 4.74 Å². The Labute approximate surface area is 190 Å². The first kappa shape index (κ1) is 21.5. The second kappa shape index (κ2) is 8.08. The van der Waals surface area contributed by atoms with Crippen LogP contribution in [0, 0.1) is 11.3 Å². The van der Waals surface area contributed by atoms with Gasteiger partial charge in [-0.05, 0) is 55.2 Å². The monoisotopic (exact) mass is 492 g/mol. The Balaban J connectivity index is 1.66. The highest BCUT2D eigenvalue weighted by molar-refractivity contribution is 9.10. The number of nitrogens with one attached hydrogen (secondary N) is 2. The van der Waals surface area contributed by atoms with Crippen molar-refractivity contribution in [2.45, 2.75) is 59.5 Å². The van der Waals surface area contributed by atoms with E-state index in [0.717, 1.165) is 40.7 Å². The molecule has 7 heteroatoms. The maximum Gasteiger partial charge on any atom is 0.256 e. The van der Waals surface area contributed by atoms with E-state index in [-0.39, 0.29) is 11.7 Å². The van der Waals surface area contributed by atoms with Crippen molar-refractivity contribution in [2.75, 3.05) is 11.9 Å². The molecular formula is C23H29BrN2O3S. The number of halogens is 1. The molecule has 0 radical (unpaired) electrons. The summed E-state index contributed by atoms with van der Waals surface area (Å²) < 4.78 is 6.34. The van der Waals surface area contributed by atoms with Crippen molar-refractivity contribution < 1.29 is 14.6 Å². The van der Waals surface area contributed by atoms with Gasteiger partial charge < -0.3 is 20.5 Å². The Morgan fingerprint density at radius 1 is 1.30 bits per heavy atom. The molecule has 0 fully saturated rings. The molecule has 4 rings (SSSR count). The van der Waals surface area contributed by atoms with Crippen LogP contribution in [0.2, 0.25) is 0 Å². The Morgan fingerprint density at radius 3 is 2.77 bits per heavy atom. The molecule has 0 saturated heterocycles. The SMILES string of the molecule is CCOc1cc(Br)cc([C@@H]2NC(=O)c3c(sc4c3CC[C@@H](C(C)(C)CC)C4)N2)c1O. The minimum Gasteiger partial charge on any atom is -0.504 e. The van der Waals surface area contributed by atoms with Gasteiger partial charge in [-0.2, -0.15) is 0 Å². The molecule has 1 aliphatic heterocycles. The van der Waals surface area contributed by atoms with Gasteiger partial charge in [-0.1, -0.05) is 43.1 Å². The highest BCUT2D eigenvalue weighted by Crippen LogP contribution is 2.48. The fourth-order valence-corrected chi connectivity index (χ4v) is 6.30. The van der Waals surface area contributed by atoms with Crippen molar-refractivity contribution in [3.63, 3.8) is 0 Å². The maximum atomic E-state index is 13.1. The van der Waals surface area contributed by atoms with Crippen molar-refractivity contribution in [3.05, 3.63) is 38.2 Å². The number of fused-ring (bicyclic) bond motifs is 3. The number of benzene rings is 1. The van der Waals surface area contributed by atoms with Gasteiger partial charge >= 0.3 is 0 Å². The molecule has 5 nitrogen and oxygen atoms in total. The minimum absolute atomic E-state index is 0.0485. The van der Waals surface area contributed by atoms with Crippen LogP contribution in [0.25, 0.3) is 0 Å². The van der Waals surface area contributed by atoms with E-state index < -0.39 is 6.17 Å². The van der Waals surface area contributed by atoms with Crippen LogP contribution in [0.4, 0.5) is 5.00 Å². The summed E-state index contributed by atoms with van der Waals surface area (Å²) in [5.41, 5.74) is 2.88. The highest BCUT2D eigenvalue weighted by atomic mass is 79.9. The number of hydrogen-bond donors (Lipinski definition) is 3. The lowest BCUT2D eigenvalue weighted by atomic mass is 9.69. The predicted octanol–water partition coefficient (Wildman–Crippen LogP) is 6.01. The van der Waals surface area contributed by atoms with Crippen molar-refractivity contribution in [3.8, 4) is 11.5 Å². The number of amides is 1. The summed E-state index contributed by atoms with van der Waals surface area (Å²) in [4.78, 5) is 14.4. The average Bonchev–Trinajstić information content (AvgIpc) is 3.08. The molecule has 0 saturated carbocycles. The first-order valence-electron chi connectivity index (χ1n) is 10.6. The van der Waals surface area contributed by atoms with Crippen LogP contribution in [0.5, 0.6) is 11.5 Å². The third-order valence-electron chi connectivity index (χ3n) is 6.74. The highest BCUT2D eigenvalue weighted by Gasteiger charge is 2.38. The molecular weight excluding hydrogens is 464 g/mol. The third kappa shape index (κ3) is 3.71. The van der Waals surface area contributed by atoms with Crippen LogP contribution in [0.1, 0.15) is 73.1 Å².